The largest absolute Gasteiger partial charge is 0.479 e. The lowest BCUT2D eigenvalue weighted by atomic mass is 10.1. The number of ether oxygens (including phenoxy) is 1. The van der Waals surface area contributed by atoms with E-state index in [-0.39, 0.29) is 29.9 Å². The molecule has 8 heteroatoms. The van der Waals surface area contributed by atoms with Crippen LogP contribution in [0, 0.1) is 17.0 Å². The molecule has 0 radical (unpaired) electrons. The highest BCUT2D eigenvalue weighted by Gasteiger charge is 2.33. The number of hydrogen-bond donors (Lipinski definition) is 0. The summed E-state index contributed by atoms with van der Waals surface area (Å²) in [5.41, 5.74) is 1.85. The minimum atomic E-state index is -0.520. The van der Waals surface area contributed by atoms with Gasteiger partial charge in [-0.05, 0) is 37.8 Å². The van der Waals surface area contributed by atoms with Crippen molar-refractivity contribution in [3.8, 4) is 5.75 Å². The lowest BCUT2D eigenvalue weighted by Crippen LogP contribution is -2.39. The molecule has 1 aromatic heterocycles. The molecule has 8 nitrogen and oxygen atoms in total. The molecule has 1 aromatic carbocycles. The Morgan fingerprint density at radius 3 is 2.89 bits per heavy atom. The Balaban J connectivity index is 1.71. The molecule has 27 heavy (non-hydrogen) atoms. The Morgan fingerprint density at radius 2 is 2.19 bits per heavy atom. The lowest BCUT2D eigenvalue weighted by molar-refractivity contribution is -0.385. The number of carbonyl (C=O) groups is 1. The summed E-state index contributed by atoms with van der Waals surface area (Å²) in [6.45, 7) is 4.47. The SMILES string of the molecule is CCc1cnc(N2CCCC2C(=O)COc2ccccc2[N+](=O)[O-])nc1C. The number of anilines is 1. The number of nitro groups is 1. The average molecular weight is 370 g/mol. The van der Waals surface area contributed by atoms with Crippen LogP contribution in [0.5, 0.6) is 5.75 Å². The summed E-state index contributed by atoms with van der Waals surface area (Å²) in [5.74, 6) is 0.512. The monoisotopic (exact) mass is 370 g/mol. The van der Waals surface area contributed by atoms with E-state index in [4.69, 9.17) is 4.74 Å². The molecule has 2 aromatic rings. The van der Waals surface area contributed by atoms with Gasteiger partial charge in [-0.1, -0.05) is 19.1 Å². The molecule has 1 atom stereocenters. The van der Waals surface area contributed by atoms with E-state index in [1.54, 1.807) is 18.3 Å². The average Bonchev–Trinajstić information content (AvgIpc) is 3.16. The fraction of sp³-hybridized carbons (Fsp3) is 0.421. The Hall–Kier alpha value is -3.03. The maximum absolute atomic E-state index is 12.7. The topological polar surface area (TPSA) is 98.5 Å². The van der Waals surface area contributed by atoms with Crippen LogP contribution in [-0.4, -0.2) is 39.9 Å². The number of Topliss-reactive ketones (excluding diaryl/α,β-unsaturated/α-hetero) is 1. The minimum absolute atomic E-state index is 0.0970. The first-order valence-corrected chi connectivity index (χ1v) is 8.99. The van der Waals surface area contributed by atoms with Crippen molar-refractivity contribution in [2.45, 2.75) is 39.2 Å². The molecular formula is C19H22N4O4. The summed E-state index contributed by atoms with van der Waals surface area (Å²) in [4.78, 5) is 34.1. The molecule has 0 amide bonds. The van der Waals surface area contributed by atoms with Crippen LogP contribution in [0.25, 0.3) is 0 Å². The summed E-state index contributed by atoms with van der Waals surface area (Å²) in [6.07, 6.45) is 4.22. The van der Waals surface area contributed by atoms with Crippen molar-refractivity contribution < 1.29 is 14.5 Å². The molecule has 0 spiro atoms. The Bertz CT molecular complexity index is 855. The predicted octanol–water partition coefficient (Wildman–Crippen LogP) is 2.87. The fourth-order valence-electron chi connectivity index (χ4n) is 3.28. The molecule has 0 saturated carbocycles. The highest BCUT2D eigenvalue weighted by Crippen LogP contribution is 2.27. The van der Waals surface area contributed by atoms with Crippen LogP contribution in [0.3, 0.4) is 0 Å². The van der Waals surface area contributed by atoms with Crippen molar-refractivity contribution >= 4 is 17.4 Å². The molecule has 1 saturated heterocycles. The summed E-state index contributed by atoms with van der Waals surface area (Å²) in [6, 6.07) is 5.67. The van der Waals surface area contributed by atoms with E-state index in [9.17, 15) is 14.9 Å². The molecule has 0 bridgehead atoms. The summed E-state index contributed by atoms with van der Waals surface area (Å²) in [5, 5.41) is 11.1. The maximum atomic E-state index is 12.7. The number of carbonyl (C=O) groups excluding carboxylic acids is 1. The first-order valence-electron chi connectivity index (χ1n) is 8.99. The predicted molar refractivity (Wildman–Crippen MR) is 100 cm³/mol. The van der Waals surface area contributed by atoms with Crippen molar-refractivity contribution in [1.82, 2.24) is 9.97 Å². The highest BCUT2D eigenvalue weighted by molar-refractivity contribution is 5.88. The number of aryl methyl sites for hydroxylation is 2. The third kappa shape index (κ3) is 4.05. The standard InChI is InChI=1S/C19H22N4O4/c1-3-14-11-20-19(21-13(14)2)22-10-6-8-15(22)17(24)12-27-18-9-5-4-7-16(18)23(25)26/h4-5,7,9,11,15H,3,6,8,10,12H2,1-2H3. The molecule has 1 unspecified atom stereocenters. The van der Waals surface area contributed by atoms with Gasteiger partial charge in [-0.15, -0.1) is 0 Å². The van der Waals surface area contributed by atoms with Gasteiger partial charge in [0.05, 0.1) is 11.0 Å². The van der Waals surface area contributed by atoms with E-state index in [0.29, 0.717) is 18.9 Å². The van der Waals surface area contributed by atoms with E-state index in [1.165, 1.54) is 12.1 Å². The first kappa shape index (κ1) is 18.8. The van der Waals surface area contributed by atoms with Crippen molar-refractivity contribution in [2.75, 3.05) is 18.1 Å². The summed E-state index contributed by atoms with van der Waals surface area (Å²) in [7, 11) is 0. The van der Waals surface area contributed by atoms with Crippen LogP contribution in [0.15, 0.2) is 30.5 Å². The van der Waals surface area contributed by atoms with Gasteiger partial charge in [0.1, 0.15) is 6.61 Å². The first-order chi connectivity index (χ1) is 13.0. The molecule has 142 valence electrons. The molecular weight excluding hydrogens is 348 g/mol. The number of rotatable bonds is 7. The van der Waals surface area contributed by atoms with Gasteiger partial charge in [-0.2, -0.15) is 0 Å². The Labute approximate surface area is 157 Å². The molecule has 0 N–H and O–H groups in total. The zero-order valence-electron chi connectivity index (χ0n) is 15.4. The number of benzene rings is 1. The third-order valence-electron chi connectivity index (χ3n) is 4.76. The summed E-state index contributed by atoms with van der Waals surface area (Å²) >= 11 is 0. The van der Waals surface area contributed by atoms with Crippen molar-refractivity contribution in [3.05, 3.63) is 51.8 Å². The van der Waals surface area contributed by atoms with Crippen LogP contribution in [0.4, 0.5) is 11.6 Å². The number of para-hydroxylation sites is 2. The quantitative estimate of drug-likeness (QED) is 0.546. The van der Waals surface area contributed by atoms with Crippen LogP contribution < -0.4 is 9.64 Å². The van der Waals surface area contributed by atoms with Gasteiger partial charge in [-0.3, -0.25) is 14.9 Å². The maximum Gasteiger partial charge on any atom is 0.310 e. The van der Waals surface area contributed by atoms with E-state index in [0.717, 1.165) is 24.1 Å². The smallest absolute Gasteiger partial charge is 0.310 e. The van der Waals surface area contributed by atoms with Crippen LogP contribution in [0.1, 0.15) is 31.0 Å². The van der Waals surface area contributed by atoms with Gasteiger partial charge in [0.25, 0.3) is 0 Å². The summed E-state index contributed by atoms with van der Waals surface area (Å²) < 4.78 is 5.46. The van der Waals surface area contributed by atoms with Gasteiger partial charge in [-0.25, -0.2) is 9.97 Å². The lowest BCUT2D eigenvalue weighted by Gasteiger charge is -2.24. The zero-order chi connectivity index (χ0) is 19.4. The Kier molecular flexibility index (Phi) is 5.63. The van der Waals surface area contributed by atoms with Gasteiger partial charge in [0.15, 0.2) is 11.5 Å². The molecule has 0 aliphatic carbocycles. The van der Waals surface area contributed by atoms with E-state index >= 15 is 0 Å². The highest BCUT2D eigenvalue weighted by atomic mass is 16.6. The normalized spacial score (nSPS) is 16.4. The van der Waals surface area contributed by atoms with Crippen LogP contribution in [-0.2, 0) is 11.2 Å². The number of nitro benzene ring substituents is 1. The fourth-order valence-corrected chi connectivity index (χ4v) is 3.28. The molecule has 2 heterocycles. The van der Waals surface area contributed by atoms with Gasteiger partial charge in [0.2, 0.25) is 5.95 Å². The van der Waals surface area contributed by atoms with Crippen LogP contribution >= 0.6 is 0 Å². The van der Waals surface area contributed by atoms with Gasteiger partial charge < -0.3 is 9.64 Å². The van der Waals surface area contributed by atoms with Gasteiger partial charge in [0, 0.05) is 24.5 Å². The van der Waals surface area contributed by atoms with E-state index in [1.807, 2.05) is 18.7 Å². The number of nitrogens with zero attached hydrogens (tertiary/aromatic N) is 4. The minimum Gasteiger partial charge on any atom is -0.479 e. The molecule has 3 rings (SSSR count). The van der Waals surface area contributed by atoms with E-state index < -0.39 is 4.92 Å². The van der Waals surface area contributed by atoms with E-state index in [2.05, 4.69) is 9.97 Å². The zero-order valence-corrected chi connectivity index (χ0v) is 15.4. The van der Waals surface area contributed by atoms with Crippen molar-refractivity contribution in [3.63, 3.8) is 0 Å². The second kappa shape index (κ2) is 8.11. The third-order valence-corrected chi connectivity index (χ3v) is 4.76. The second-order valence-electron chi connectivity index (χ2n) is 6.47. The van der Waals surface area contributed by atoms with Crippen LogP contribution in [0.2, 0.25) is 0 Å². The molecule has 1 aliphatic heterocycles. The van der Waals surface area contributed by atoms with Gasteiger partial charge >= 0.3 is 5.69 Å². The molecule has 1 fully saturated rings. The molecule has 1 aliphatic rings. The van der Waals surface area contributed by atoms with Crippen molar-refractivity contribution in [1.29, 1.82) is 0 Å². The Morgan fingerprint density at radius 1 is 1.41 bits per heavy atom. The number of aromatic nitrogens is 2. The number of hydrogen-bond acceptors (Lipinski definition) is 7. The number of ketones is 1. The van der Waals surface area contributed by atoms with Crippen molar-refractivity contribution in [2.24, 2.45) is 0 Å². The second-order valence-corrected chi connectivity index (χ2v) is 6.47.